The third-order valence-electron chi connectivity index (χ3n) is 4.52. The molecule has 3 heterocycles. The third kappa shape index (κ3) is 4.56. The van der Waals surface area contributed by atoms with Gasteiger partial charge in [-0.1, -0.05) is 5.21 Å². The molecule has 1 atom stereocenters. The molecule has 0 spiro atoms. The molecular weight excluding hydrogens is 322 g/mol. The van der Waals surface area contributed by atoms with E-state index >= 15 is 0 Å². The zero-order valence-electron chi connectivity index (χ0n) is 14.7. The predicted octanol–water partition coefficient (Wildman–Crippen LogP) is 1.63. The van der Waals surface area contributed by atoms with Gasteiger partial charge in [-0.05, 0) is 25.7 Å². The smallest absolute Gasteiger partial charge is 0.323 e. The van der Waals surface area contributed by atoms with E-state index in [1.807, 2.05) is 35.0 Å². The highest BCUT2D eigenvalue weighted by atomic mass is 16.5. The van der Waals surface area contributed by atoms with Crippen LogP contribution in [0.1, 0.15) is 25.8 Å². The van der Waals surface area contributed by atoms with Gasteiger partial charge in [-0.15, -0.1) is 5.10 Å². The SMILES string of the molecule is COC[C@@H](C)n1ccc(NC(=O)N2CCC(Cn3ccnn3)CC2)n1. The van der Waals surface area contributed by atoms with Crippen molar-refractivity contribution in [2.45, 2.75) is 32.4 Å². The molecule has 2 aromatic heterocycles. The van der Waals surface area contributed by atoms with E-state index in [1.165, 1.54) is 0 Å². The number of methoxy groups -OCH3 is 1. The van der Waals surface area contributed by atoms with Crippen molar-refractivity contribution < 1.29 is 9.53 Å². The lowest BCUT2D eigenvalue weighted by Crippen LogP contribution is -2.41. The fourth-order valence-corrected chi connectivity index (χ4v) is 3.07. The van der Waals surface area contributed by atoms with Gasteiger partial charge in [-0.3, -0.25) is 14.7 Å². The van der Waals surface area contributed by atoms with Crippen LogP contribution in [0.5, 0.6) is 0 Å². The molecule has 0 radical (unpaired) electrons. The minimum atomic E-state index is -0.0937. The van der Waals surface area contributed by atoms with Crippen molar-refractivity contribution in [2.24, 2.45) is 5.92 Å². The Balaban J connectivity index is 1.46. The van der Waals surface area contributed by atoms with Crippen molar-refractivity contribution >= 4 is 11.8 Å². The van der Waals surface area contributed by atoms with E-state index in [4.69, 9.17) is 4.74 Å². The summed E-state index contributed by atoms with van der Waals surface area (Å²) < 4.78 is 8.77. The molecule has 25 heavy (non-hydrogen) atoms. The molecular formula is C16H25N7O2. The van der Waals surface area contributed by atoms with Crippen LogP contribution in [0.2, 0.25) is 0 Å². The van der Waals surface area contributed by atoms with Crippen molar-refractivity contribution in [1.29, 1.82) is 0 Å². The standard InChI is InChI=1S/C16H25N7O2/c1-13(12-25-2)23-9-5-15(19-23)18-16(24)21-7-3-14(4-8-21)11-22-10-6-17-20-22/h5-6,9-10,13-14H,3-4,7-8,11-12H2,1-2H3,(H,18,19,24)/t13-/m1/s1. The summed E-state index contributed by atoms with van der Waals surface area (Å²) in [6, 6.07) is 1.84. The van der Waals surface area contributed by atoms with Gasteiger partial charge in [0.05, 0.1) is 18.8 Å². The molecule has 1 fully saturated rings. The Hall–Kier alpha value is -2.42. The largest absolute Gasteiger partial charge is 0.382 e. The quantitative estimate of drug-likeness (QED) is 0.858. The predicted molar refractivity (Wildman–Crippen MR) is 92.2 cm³/mol. The zero-order valence-corrected chi connectivity index (χ0v) is 14.7. The Morgan fingerprint density at radius 1 is 1.40 bits per heavy atom. The third-order valence-corrected chi connectivity index (χ3v) is 4.52. The summed E-state index contributed by atoms with van der Waals surface area (Å²) in [5.41, 5.74) is 0. The molecule has 0 bridgehead atoms. The van der Waals surface area contributed by atoms with Crippen LogP contribution < -0.4 is 5.32 Å². The Bertz CT molecular complexity index is 662. The molecule has 0 aromatic carbocycles. The number of amides is 2. The first-order chi connectivity index (χ1) is 12.2. The topological polar surface area (TPSA) is 90.1 Å². The van der Waals surface area contributed by atoms with Crippen molar-refractivity contribution in [1.82, 2.24) is 29.7 Å². The fourth-order valence-electron chi connectivity index (χ4n) is 3.07. The number of nitrogens with one attached hydrogen (secondary N) is 1. The van der Waals surface area contributed by atoms with Crippen LogP contribution in [0.3, 0.4) is 0 Å². The van der Waals surface area contributed by atoms with Gasteiger partial charge in [-0.2, -0.15) is 5.10 Å². The highest BCUT2D eigenvalue weighted by Gasteiger charge is 2.23. The number of rotatable bonds is 6. The monoisotopic (exact) mass is 347 g/mol. The molecule has 0 unspecified atom stereocenters. The molecule has 1 aliphatic heterocycles. The van der Waals surface area contributed by atoms with E-state index in [0.717, 1.165) is 32.5 Å². The number of urea groups is 1. The molecule has 0 aliphatic carbocycles. The lowest BCUT2D eigenvalue weighted by Gasteiger charge is -2.31. The number of hydrogen-bond donors (Lipinski definition) is 1. The molecule has 9 nitrogen and oxygen atoms in total. The molecule has 3 rings (SSSR count). The van der Waals surface area contributed by atoms with E-state index in [2.05, 4.69) is 20.7 Å². The number of carbonyl (C=O) groups is 1. The average Bonchev–Trinajstić information content (AvgIpc) is 3.28. The molecule has 2 aromatic rings. The second-order valence-electron chi connectivity index (χ2n) is 6.47. The zero-order chi connectivity index (χ0) is 17.6. The number of anilines is 1. The molecule has 1 N–H and O–H groups in total. The normalized spacial score (nSPS) is 16.8. The van der Waals surface area contributed by atoms with Crippen LogP contribution in [-0.4, -0.2) is 62.5 Å². The first-order valence-corrected chi connectivity index (χ1v) is 8.60. The maximum atomic E-state index is 12.4. The Labute approximate surface area is 146 Å². The van der Waals surface area contributed by atoms with Gasteiger partial charge in [-0.25, -0.2) is 4.79 Å². The van der Waals surface area contributed by atoms with E-state index in [-0.39, 0.29) is 12.1 Å². The van der Waals surface area contributed by atoms with Crippen molar-refractivity contribution in [3.8, 4) is 0 Å². The molecule has 136 valence electrons. The van der Waals surface area contributed by atoms with Crippen LogP contribution in [-0.2, 0) is 11.3 Å². The minimum Gasteiger partial charge on any atom is -0.382 e. The molecule has 9 heteroatoms. The minimum absolute atomic E-state index is 0.0937. The number of likely N-dealkylation sites (tertiary alicyclic amines) is 1. The number of piperidine rings is 1. The van der Waals surface area contributed by atoms with Crippen LogP contribution >= 0.6 is 0 Å². The maximum Gasteiger partial charge on any atom is 0.323 e. The average molecular weight is 347 g/mol. The summed E-state index contributed by atoms with van der Waals surface area (Å²) in [6.45, 7) is 4.94. The number of aromatic nitrogens is 5. The summed E-state index contributed by atoms with van der Waals surface area (Å²) in [7, 11) is 1.66. The van der Waals surface area contributed by atoms with Gasteiger partial charge in [0.15, 0.2) is 5.82 Å². The lowest BCUT2D eigenvalue weighted by atomic mass is 9.97. The van der Waals surface area contributed by atoms with Gasteiger partial charge in [0.2, 0.25) is 0 Å². The van der Waals surface area contributed by atoms with Crippen LogP contribution in [0.4, 0.5) is 10.6 Å². The Morgan fingerprint density at radius 3 is 2.88 bits per heavy atom. The van der Waals surface area contributed by atoms with Gasteiger partial charge in [0, 0.05) is 45.2 Å². The van der Waals surface area contributed by atoms with Gasteiger partial charge in [0.25, 0.3) is 0 Å². The van der Waals surface area contributed by atoms with Crippen LogP contribution in [0.25, 0.3) is 0 Å². The highest BCUT2D eigenvalue weighted by Crippen LogP contribution is 2.19. The Kier molecular flexibility index (Phi) is 5.64. The first-order valence-electron chi connectivity index (χ1n) is 8.60. The summed E-state index contributed by atoms with van der Waals surface area (Å²) in [5.74, 6) is 1.09. The summed E-state index contributed by atoms with van der Waals surface area (Å²) in [4.78, 5) is 14.3. The fraction of sp³-hybridized carbons (Fsp3) is 0.625. The number of ether oxygens (including phenoxy) is 1. The number of carbonyl (C=O) groups excluding carboxylic acids is 1. The van der Waals surface area contributed by atoms with Gasteiger partial charge >= 0.3 is 6.03 Å². The summed E-state index contributed by atoms with van der Waals surface area (Å²) in [5, 5.41) is 15.1. The molecule has 2 amide bonds. The number of nitrogens with zero attached hydrogens (tertiary/aromatic N) is 6. The van der Waals surface area contributed by atoms with E-state index in [0.29, 0.717) is 18.3 Å². The number of hydrogen-bond acceptors (Lipinski definition) is 5. The highest BCUT2D eigenvalue weighted by molar-refractivity contribution is 5.88. The molecule has 1 aliphatic rings. The lowest BCUT2D eigenvalue weighted by molar-refractivity contribution is 0.157. The van der Waals surface area contributed by atoms with Crippen molar-refractivity contribution in [2.75, 3.05) is 32.1 Å². The first kappa shape index (κ1) is 17.4. The van der Waals surface area contributed by atoms with E-state index in [1.54, 1.807) is 18.0 Å². The second kappa shape index (κ2) is 8.11. The van der Waals surface area contributed by atoms with Crippen LogP contribution in [0, 0.1) is 5.92 Å². The van der Waals surface area contributed by atoms with Gasteiger partial charge in [0.1, 0.15) is 0 Å². The van der Waals surface area contributed by atoms with Crippen LogP contribution in [0.15, 0.2) is 24.7 Å². The molecule has 0 saturated carbocycles. The van der Waals surface area contributed by atoms with E-state index in [9.17, 15) is 4.79 Å². The summed E-state index contributed by atoms with van der Waals surface area (Å²) in [6.07, 6.45) is 7.35. The van der Waals surface area contributed by atoms with Crippen molar-refractivity contribution in [3.05, 3.63) is 24.7 Å². The van der Waals surface area contributed by atoms with Gasteiger partial charge < -0.3 is 9.64 Å². The molecule has 1 saturated heterocycles. The Morgan fingerprint density at radius 2 is 2.20 bits per heavy atom. The van der Waals surface area contributed by atoms with Crippen molar-refractivity contribution in [3.63, 3.8) is 0 Å². The summed E-state index contributed by atoms with van der Waals surface area (Å²) >= 11 is 0. The second-order valence-corrected chi connectivity index (χ2v) is 6.47. The van der Waals surface area contributed by atoms with E-state index < -0.39 is 0 Å². The maximum absolute atomic E-state index is 12.4.